The van der Waals surface area contributed by atoms with Gasteiger partial charge in [-0.1, -0.05) is 0 Å². The van der Waals surface area contributed by atoms with Gasteiger partial charge in [-0.15, -0.1) is 0 Å². The van der Waals surface area contributed by atoms with Crippen LogP contribution in [0.25, 0.3) is 0 Å². The molecule has 0 aromatic rings. The van der Waals surface area contributed by atoms with Gasteiger partial charge in [0, 0.05) is 17.8 Å². The summed E-state index contributed by atoms with van der Waals surface area (Å²) in [6.07, 6.45) is 4.40. The Kier molecular flexibility index (Phi) is 2.57. The average molecular weight is 239 g/mol. The van der Waals surface area contributed by atoms with Crippen molar-refractivity contribution < 1.29 is 13.2 Å². The fourth-order valence-corrected chi connectivity index (χ4v) is 3.57. The SMILES string of the molecule is COC(CC1(S(=O)(=O)Cl)CC1)C1CC1. The fourth-order valence-electron chi connectivity index (χ4n) is 1.96. The van der Waals surface area contributed by atoms with Gasteiger partial charge in [0.1, 0.15) is 0 Å². The van der Waals surface area contributed by atoms with Crippen LogP contribution in [0.4, 0.5) is 0 Å². The highest BCUT2D eigenvalue weighted by molar-refractivity contribution is 8.15. The van der Waals surface area contributed by atoms with Gasteiger partial charge in [0.2, 0.25) is 9.05 Å². The maximum absolute atomic E-state index is 11.3. The molecule has 0 aliphatic heterocycles. The molecular weight excluding hydrogens is 224 g/mol. The number of hydrogen-bond acceptors (Lipinski definition) is 3. The quantitative estimate of drug-likeness (QED) is 0.688. The molecule has 1 unspecified atom stereocenters. The van der Waals surface area contributed by atoms with Crippen LogP contribution in [0.2, 0.25) is 0 Å². The van der Waals surface area contributed by atoms with E-state index in [1.807, 2.05) is 0 Å². The Morgan fingerprint density at radius 3 is 2.36 bits per heavy atom. The number of rotatable bonds is 5. The van der Waals surface area contributed by atoms with E-state index in [1.54, 1.807) is 7.11 Å². The van der Waals surface area contributed by atoms with E-state index in [0.29, 0.717) is 25.2 Å². The van der Waals surface area contributed by atoms with Gasteiger partial charge in [0.25, 0.3) is 0 Å². The van der Waals surface area contributed by atoms with Gasteiger partial charge >= 0.3 is 0 Å². The van der Waals surface area contributed by atoms with E-state index in [2.05, 4.69) is 0 Å². The molecule has 2 aliphatic carbocycles. The van der Waals surface area contributed by atoms with Crippen molar-refractivity contribution in [3.63, 3.8) is 0 Å². The van der Waals surface area contributed by atoms with Gasteiger partial charge < -0.3 is 4.74 Å². The molecule has 0 amide bonds. The third-order valence-electron chi connectivity index (χ3n) is 3.35. The van der Waals surface area contributed by atoms with Crippen molar-refractivity contribution in [3.05, 3.63) is 0 Å². The van der Waals surface area contributed by atoms with Crippen LogP contribution in [-0.4, -0.2) is 26.4 Å². The zero-order chi connectivity index (χ0) is 10.4. The van der Waals surface area contributed by atoms with Crippen LogP contribution >= 0.6 is 10.7 Å². The topological polar surface area (TPSA) is 43.4 Å². The minimum atomic E-state index is -3.41. The molecule has 0 spiro atoms. The predicted molar refractivity (Wildman–Crippen MR) is 54.9 cm³/mol. The van der Waals surface area contributed by atoms with E-state index >= 15 is 0 Å². The summed E-state index contributed by atoms with van der Waals surface area (Å²) < 4.78 is 27.3. The molecular formula is C9H15ClO3S. The molecule has 0 aromatic heterocycles. The first kappa shape index (κ1) is 10.7. The van der Waals surface area contributed by atoms with Crippen molar-refractivity contribution in [3.8, 4) is 0 Å². The number of ether oxygens (including phenoxy) is 1. The van der Waals surface area contributed by atoms with E-state index in [9.17, 15) is 8.42 Å². The van der Waals surface area contributed by atoms with E-state index in [0.717, 1.165) is 12.8 Å². The van der Waals surface area contributed by atoms with Gasteiger partial charge in [-0.3, -0.25) is 0 Å². The van der Waals surface area contributed by atoms with Gasteiger partial charge in [-0.25, -0.2) is 8.42 Å². The first-order chi connectivity index (χ1) is 6.48. The molecule has 0 radical (unpaired) electrons. The third-order valence-corrected chi connectivity index (χ3v) is 5.94. The summed E-state index contributed by atoms with van der Waals surface area (Å²) >= 11 is 0. The maximum Gasteiger partial charge on any atom is 0.238 e. The lowest BCUT2D eigenvalue weighted by atomic mass is 10.1. The molecule has 14 heavy (non-hydrogen) atoms. The van der Waals surface area contributed by atoms with Crippen LogP contribution in [0.3, 0.4) is 0 Å². The molecule has 0 aromatic carbocycles. The predicted octanol–water partition coefficient (Wildman–Crippen LogP) is 1.90. The number of halogens is 1. The molecule has 2 aliphatic rings. The second-order valence-corrected chi connectivity index (χ2v) is 7.40. The summed E-state index contributed by atoms with van der Waals surface area (Å²) in [7, 11) is 3.67. The van der Waals surface area contributed by atoms with Gasteiger partial charge in [0.05, 0.1) is 10.9 Å². The van der Waals surface area contributed by atoms with Crippen LogP contribution in [0.5, 0.6) is 0 Å². The summed E-state index contributed by atoms with van der Waals surface area (Å²) in [5, 5.41) is 0. The molecule has 0 bridgehead atoms. The van der Waals surface area contributed by atoms with E-state index < -0.39 is 13.8 Å². The first-order valence-corrected chi connectivity index (χ1v) is 7.26. The van der Waals surface area contributed by atoms with Crippen LogP contribution in [0.15, 0.2) is 0 Å². The second-order valence-electron chi connectivity index (χ2n) is 4.44. The Bertz CT molecular complexity index is 317. The van der Waals surface area contributed by atoms with Gasteiger partial charge in [0.15, 0.2) is 0 Å². The normalized spacial score (nSPS) is 27.3. The van der Waals surface area contributed by atoms with Crippen molar-refractivity contribution >= 4 is 19.7 Å². The van der Waals surface area contributed by atoms with Crippen LogP contribution < -0.4 is 0 Å². The van der Waals surface area contributed by atoms with Crippen molar-refractivity contribution in [2.24, 2.45) is 5.92 Å². The highest BCUT2D eigenvalue weighted by Crippen LogP contribution is 2.52. The average Bonchev–Trinajstić information content (AvgIpc) is 2.92. The molecule has 3 nitrogen and oxygen atoms in total. The smallest absolute Gasteiger partial charge is 0.238 e. The highest BCUT2D eigenvalue weighted by atomic mass is 35.7. The monoisotopic (exact) mass is 238 g/mol. The van der Waals surface area contributed by atoms with E-state index in [1.165, 1.54) is 0 Å². The van der Waals surface area contributed by atoms with Crippen molar-refractivity contribution in [2.45, 2.75) is 43.0 Å². The van der Waals surface area contributed by atoms with Crippen molar-refractivity contribution in [1.82, 2.24) is 0 Å². The molecule has 0 heterocycles. The lowest BCUT2D eigenvalue weighted by Crippen LogP contribution is -2.27. The number of methoxy groups -OCH3 is 1. The Labute approximate surface area is 89.2 Å². The van der Waals surface area contributed by atoms with Crippen molar-refractivity contribution in [1.29, 1.82) is 0 Å². The van der Waals surface area contributed by atoms with Gasteiger partial charge in [-0.2, -0.15) is 0 Å². The first-order valence-electron chi connectivity index (χ1n) is 4.95. The lowest BCUT2D eigenvalue weighted by molar-refractivity contribution is 0.0748. The molecule has 82 valence electrons. The van der Waals surface area contributed by atoms with Gasteiger partial charge in [-0.05, 0) is 38.0 Å². The van der Waals surface area contributed by atoms with E-state index in [-0.39, 0.29) is 6.10 Å². The summed E-state index contributed by atoms with van der Waals surface area (Å²) in [4.78, 5) is 0. The second kappa shape index (κ2) is 3.35. The summed E-state index contributed by atoms with van der Waals surface area (Å²) in [5.41, 5.74) is 0. The molecule has 2 fully saturated rings. The Balaban J connectivity index is 2.02. The molecule has 2 saturated carbocycles. The van der Waals surface area contributed by atoms with Crippen LogP contribution in [-0.2, 0) is 13.8 Å². The van der Waals surface area contributed by atoms with E-state index in [4.69, 9.17) is 15.4 Å². The molecule has 2 rings (SSSR count). The highest BCUT2D eigenvalue weighted by Gasteiger charge is 2.56. The maximum atomic E-state index is 11.3. The van der Waals surface area contributed by atoms with Crippen molar-refractivity contribution in [2.75, 3.05) is 7.11 Å². The zero-order valence-electron chi connectivity index (χ0n) is 8.20. The fraction of sp³-hybridized carbons (Fsp3) is 1.00. The Morgan fingerprint density at radius 1 is 1.50 bits per heavy atom. The summed E-state index contributed by atoms with van der Waals surface area (Å²) in [6, 6.07) is 0. The standard InChI is InChI=1S/C9H15ClO3S/c1-13-8(7-2-3-7)6-9(4-5-9)14(10,11)12/h7-8H,2-6H2,1H3. The zero-order valence-corrected chi connectivity index (χ0v) is 9.77. The van der Waals surface area contributed by atoms with Crippen LogP contribution in [0, 0.1) is 5.92 Å². The largest absolute Gasteiger partial charge is 0.381 e. The minimum Gasteiger partial charge on any atom is -0.381 e. The Hall–Kier alpha value is 0.200. The third kappa shape index (κ3) is 1.92. The molecule has 0 N–H and O–H groups in total. The molecule has 5 heteroatoms. The van der Waals surface area contributed by atoms with Crippen LogP contribution in [0.1, 0.15) is 32.1 Å². The summed E-state index contributed by atoms with van der Waals surface area (Å²) in [6.45, 7) is 0. The number of hydrogen-bond donors (Lipinski definition) is 0. The lowest BCUT2D eigenvalue weighted by Gasteiger charge is -2.19. The minimum absolute atomic E-state index is 0.0889. The summed E-state index contributed by atoms with van der Waals surface area (Å²) in [5.74, 6) is 0.566. The molecule has 1 atom stereocenters. The molecule has 0 saturated heterocycles. The Morgan fingerprint density at radius 2 is 2.07 bits per heavy atom.